The summed E-state index contributed by atoms with van der Waals surface area (Å²) in [6.07, 6.45) is 0. The maximum atomic E-state index is 11.5. The molecule has 5 nitrogen and oxygen atoms in total. The van der Waals surface area contributed by atoms with Crippen molar-refractivity contribution in [3.05, 3.63) is 24.3 Å². The van der Waals surface area contributed by atoms with Gasteiger partial charge in [0.2, 0.25) is 10.0 Å². The van der Waals surface area contributed by atoms with Crippen LogP contribution in [0.25, 0.3) is 0 Å². The Morgan fingerprint density at radius 2 is 1.78 bits per heavy atom. The summed E-state index contributed by atoms with van der Waals surface area (Å²) in [6.45, 7) is 5.95. The molecule has 1 aromatic carbocycles. The highest BCUT2D eigenvalue weighted by molar-refractivity contribution is 7.92. The fourth-order valence-corrected chi connectivity index (χ4v) is 2.24. The first kappa shape index (κ1) is 14.8. The monoisotopic (exact) mass is 272 g/mol. The van der Waals surface area contributed by atoms with E-state index >= 15 is 0 Å². The van der Waals surface area contributed by atoms with Crippen molar-refractivity contribution in [2.45, 2.75) is 26.4 Å². The second-order valence-electron chi connectivity index (χ2n) is 4.95. The van der Waals surface area contributed by atoms with E-state index in [0.29, 0.717) is 11.4 Å². The molecule has 0 unspecified atom stereocenters. The zero-order chi connectivity index (χ0) is 13.8. The largest absolute Gasteiger partial charge is 0.488 e. The van der Waals surface area contributed by atoms with E-state index in [1.807, 2.05) is 20.8 Å². The second kappa shape index (κ2) is 5.58. The number of sulfonamides is 1. The average molecular weight is 272 g/mol. The van der Waals surface area contributed by atoms with Crippen LogP contribution in [0.15, 0.2) is 24.3 Å². The lowest BCUT2D eigenvalue weighted by Gasteiger charge is -2.21. The van der Waals surface area contributed by atoms with Gasteiger partial charge < -0.3 is 10.5 Å². The normalized spacial score (nSPS) is 12.2. The molecule has 1 rings (SSSR count). The number of hydrogen-bond donors (Lipinski definition) is 2. The average Bonchev–Trinajstić information content (AvgIpc) is 2.18. The van der Waals surface area contributed by atoms with E-state index in [-0.39, 0.29) is 17.9 Å². The summed E-state index contributed by atoms with van der Waals surface area (Å²) in [6, 6.07) is 6.78. The van der Waals surface area contributed by atoms with Crippen molar-refractivity contribution >= 4 is 15.7 Å². The summed E-state index contributed by atoms with van der Waals surface area (Å²) in [5, 5.41) is 0. The number of nitrogens with one attached hydrogen (secondary N) is 1. The van der Waals surface area contributed by atoms with Gasteiger partial charge in [0.1, 0.15) is 11.4 Å². The molecule has 0 aromatic heterocycles. The molecule has 0 radical (unpaired) electrons. The number of nitrogens with two attached hydrogens (primary N) is 1. The van der Waals surface area contributed by atoms with Gasteiger partial charge in [0.05, 0.1) is 5.75 Å². The number of benzene rings is 1. The summed E-state index contributed by atoms with van der Waals surface area (Å²) >= 11 is 0. The van der Waals surface area contributed by atoms with Crippen LogP contribution >= 0.6 is 0 Å². The van der Waals surface area contributed by atoms with Crippen LogP contribution in [-0.2, 0) is 10.0 Å². The standard InChI is InChI=1S/C12H20N2O3S/c1-12(2,3)17-11-6-4-10(5-7-11)14-18(15,16)9-8-13/h4-7,14H,8-9,13H2,1-3H3. The molecule has 0 aliphatic heterocycles. The molecule has 0 fully saturated rings. The Morgan fingerprint density at radius 1 is 1.22 bits per heavy atom. The van der Waals surface area contributed by atoms with Gasteiger partial charge in [0.15, 0.2) is 0 Å². The minimum atomic E-state index is -3.35. The SMILES string of the molecule is CC(C)(C)Oc1ccc(NS(=O)(=O)CCN)cc1. The third kappa shape index (κ3) is 5.37. The molecular formula is C12H20N2O3S. The van der Waals surface area contributed by atoms with Gasteiger partial charge in [0, 0.05) is 12.2 Å². The Balaban J connectivity index is 2.72. The highest BCUT2D eigenvalue weighted by atomic mass is 32.2. The van der Waals surface area contributed by atoms with E-state index in [4.69, 9.17) is 10.5 Å². The minimum Gasteiger partial charge on any atom is -0.488 e. The molecule has 102 valence electrons. The van der Waals surface area contributed by atoms with Crippen molar-refractivity contribution in [2.75, 3.05) is 17.0 Å². The van der Waals surface area contributed by atoms with E-state index < -0.39 is 10.0 Å². The van der Waals surface area contributed by atoms with Crippen LogP contribution in [0.2, 0.25) is 0 Å². The first-order chi connectivity index (χ1) is 8.22. The smallest absolute Gasteiger partial charge is 0.233 e. The van der Waals surface area contributed by atoms with Crippen molar-refractivity contribution < 1.29 is 13.2 Å². The lowest BCUT2D eigenvalue weighted by molar-refractivity contribution is 0.131. The number of ether oxygens (including phenoxy) is 1. The predicted molar refractivity (Wildman–Crippen MR) is 73.3 cm³/mol. The van der Waals surface area contributed by atoms with Gasteiger partial charge in [-0.3, -0.25) is 4.72 Å². The summed E-state index contributed by atoms with van der Waals surface area (Å²) < 4.78 is 31.1. The summed E-state index contributed by atoms with van der Waals surface area (Å²) in [5.74, 6) is 0.608. The maximum absolute atomic E-state index is 11.5. The molecule has 0 aliphatic rings. The Morgan fingerprint density at radius 3 is 2.22 bits per heavy atom. The van der Waals surface area contributed by atoms with E-state index in [0.717, 1.165) is 0 Å². The van der Waals surface area contributed by atoms with Gasteiger partial charge in [-0.15, -0.1) is 0 Å². The van der Waals surface area contributed by atoms with Gasteiger partial charge in [-0.2, -0.15) is 0 Å². The molecular weight excluding hydrogens is 252 g/mol. The second-order valence-corrected chi connectivity index (χ2v) is 6.79. The molecule has 0 bridgehead atoms. The van der Waals surface area contributed by atoms with Crippen LogP contribution in [0.5, 0.6) is 5.75 Å². The molecule has 18 heavy (non-hydrogen) atoms. The van der Waals surface area contributed by atoms with Gasteiger partial charge in [0.25, 0.3) is 0 Å². The molecule has 3 N–H and O–H groups in total. The Labute approximate surface area is 108 Å². The molecule has 0 heterocycles. The van der Waals surface area contributed by atoms with Crippen molar-refractivity contribution in [1.82, 2.24) is 0 Å². The van der Waals surface area contributed by atoms with E-state index in [9.17, 15) is 8.42 Å². The highest BCUT2D eigenvalue weighted by Crippen LogP contribution is 2.20. The first-order valence-electron chi connectivity index (χ1n) is 5.71. The highest BCUT2D eigenvalue weighted by Gasteiger charge is 2.12. The fourth-order valence-electron chi connectivity index (χ4n) is 1.33. The van der Waals surface area contributed by atoms with Crippen LogP contribution in [0.1, 0.15) is 20.8 Å². The van der Waals surface area contributed by atoms with Crippen molar-refractivity contribution in [1.29, 1.82) is 0 Å². The third-order valence-corrected chi connectivity index (χ3v) is 3.26. The molecule has 0 saturated heterocycles. The summed E-state index contributed by atoms with van der Waals surface area (Å²) in [4.78, 5) is 0. The lowest BCUT2D eigenvalue weighted by atomic mass is 10.2. The van der Waals surface area contributed by atoms with Crippen LogP contribution < -0.4 is 15.2 Å². The zero-order valence-corrected chi connectivity index (χ0v) is 11.8. The van der Waals surface area contributed by atoms with Crippen molar-refractivity contribution in [3.8, 4) is 5.75 Å². The van der Waals surface area contributed by atoms with Gasteiger partial charge in [-0.05, 0) is 45.0 Å². The van der Waals surface area contributed by atoms with Crippen LogP contribution in [0.4, 0.5) is 5.69 Å². The molecule has 0 spiro atoms. The fraction of sp³-hybridized carbons (Fsp3) is 0.500. The molecule has 6 heteroatoms. The lowest BCUT2D eigenvalue weighted by Crippen LogP contribution is -2.23. The van der Waals surface area contributed by atoms with Crippen LogP contribution in [0.3, 0.4) is 0 Å². The quantitative estimate of drug-likeness (QED) is 0.852. The third-order valence-electron chi connectivity index (χ3n) is 1.94. The topological polar surface area (TPSA) is 81.4 Å². The Bertz CT molecular complexity index is 475. The summed E-state index contributed by atoms with van der Waals surface area (Å²) in [5.41, 5.74) is 5.45. The zero-order valence-electron chi connectivity index (χ0n) is 10.9. The van der Waals surface area contributed by atoms with E-state index in [1.165, 1.54) is 0 Å². The molecule has 0 aliphatic carbocycles. The maximum Gasteiger partial charge on any atom is 0.233 e. The number of anilines is 1. The first-order valence-corrected chi connectivity index (χ1v) is 7.37. The summed E-state index contributed by atoms with van der Waals surface area (Å²) in [7, 11) is -3.35. The Hall–Kier alpha value is -1.27. The molecule has 1 aromatic rings. The van der Waals surface area contributed by atoms with Gasteiger partial charge >= 0.3 is 0 Å². The number of rotatable bonds is 5. The number of hydrogen-bond acceptors (Lipinski definition) is 4. The molecule has 0 amide bonds. The van der Waals surface area contributed by atoms with Crippen LogP contribution in [0, 0.1) is 0 Å². The van der Waals surface area contributed by atoms with Crippen molar-refractivity contribution in [3.63, 3.8) is 0 Å². The van der Waals surface area contributed by atoms with Crippen LogP contribution in [-0.4, -0.2) is 26.3 Å². The predicted octanol–water partition coefficient (Wildman–Crippen LogP) is 1.56. The molecule has 0 atom stereocenters. The Kier molecular flexibility index (Phi) is 4.59. The van der Waals surface area contributed by atoms with E-state index in [2.05, 4.69) is 4.72 Å². The van der Waals surface area contributed by atoms with Crippen molar-refractivity contribution in [2.24, 2.45) is 5.73 Å². The molecule has 0 saturated carbocycles. The van der Waals surface area contributed by atoms with Gasteiger partial charge in [-0.1, -0.05) is 0 Å². The minimum absolute atomic E-state index is 0.0900. The van der Waals surface area contributed by atoms with E-state index in [1.54, 1.807) is 24.3 Å². The van der Waals surface area contributed by atoms with Gasteiger partial charge in [-0.25, -0.2) is 8.42 Å².